The molecule has 0 aromatic rings. The Hall–Kier alpha value is -1.55. The number of carbonyl (C=O) groups excluding carboxylic acids is 1. The Labute approximate surface area is 163 Å². The van der Waals surface area contributed by atoms with E-state index in [-0.39, 0.29) is 5.92 Å². The highest BCUT2D eigenvalue weighted by atomic mass is 32.2. The van der Waals surface area contributed by atoms with Crippen LogP contribution in [-0.2, 0) is 14.8 Å². The zero-order chi connectivity index (χ0) is 20.9. The molecular weight excluding hydrogens is 370 g/mol. The molecule has 0 aliphatic carbocycles. The van der Waals surface area contributed by atoms with Gasteiger partial charge in [0.1, 0.15) is 5.60 Å². The Morgan fingerprint density at radius 3 is 2.33 bits per heavy atom. The zero-order valence-corrected chi connectivity index (χ0v) is 18.4. The number of alkyl carbamates (subject to hydrolysis) is 1. The van der Waals surface area contributed by atoms with Gasteiger partial charge in [0, 0.05) is 33.2 Å². The zero-order valence-electron chi connectivity index (χ0n) is 17.5. The predicted molar refractivity (Wildman–Crippen MR) is 107 cm³/mol. The number of amides is 1. The smallest absolute Gasteiger partial charge is 0.408 e. The van der Waals surface area contributed by atoms with Gasteiger partial charge < -0.3 is 20.7 Å². The Morgan fingerprint density at radius 1 is 1.22 bits per heavy atom. The molecule has 1 amide bonds. The lowest BCUT2D eigenvalue weighted by molar-refractivity contribution is 0.0474. The van der Waals surface area contributed by atoms with E-state index in [0.29, 0.717) is 32.1 Å². The average Bonchev–Trinajstić information content (AvgIpc) is 2.93. The lowest BCUT2D eigenvalue weighted by atomic mass is 10.1. The molecule has 10 heteroatoms. The van der Waals surface area contributed by atoms with Crippen LogP contribution in [0, 0.1) is 5.92 Å². The molecule has 0 saturated carbocycles. The summed E-state index contributed by atoms with van der Waals surface area (Å²) >= 11 is 0. The molecule has 1 fully saturated rings. The van der Waals surface area contributed by atoms with Crippen LogP contribution in [0.1, 0.15) is 41.0 Å². The van der Waals surface area contributed by atoms with E-state index in [1.165, 1.54) is 10.6 Å². The molecule has 1 aliphatic rings. The molecule has 158 valence electrons. The number of guanidine groups is 1. The molecule has 1 rings (SSSR count). The molecule has 1 atom stereocenters. The highest BCUT2D eigenvalue weighted by Gasteiger charge is 2.29. The van der Waals surface area contributed by atoms with E-state index in [1.807, 2.05) is 34.6 Å². The molecule has 3 N–H and O–H groups in total. The molecule has 0 spiro atoms. The van der Waals surface area contributed by atoms with Gasteiger partial charge >= 0.3 is 6.09 Å². The molecule has 1 saturated heterocycles. The number of nitrogens with one attached hydrogen (secondary N) is 3. The van der Waals surface area contributed by atoms with Gasteiger partial charge in [0.25, 0.3) is 0 Å². The highest BCUT2D eigenvalue weighted by Crippen LogP contribution is 2.17. The number of hydrogen-bond acceptors (Lipinski definition) is 5. The fourth-order valence-electron chi connectivity index (χ4n) is 2.66. The molecule has 1 unspecified atom stereocenters. The number of sulfonamides is 1. The summed E-state index contributed by atoms with van der Waals surface area (Å²) in [7, 11) is -1.46. The van der Waals surface area contributed by atoms with E-state index in [0.717, 1.165) is 6.42 Å². The SMILES string of the molecule is CN=C(NCC1CCN(S(C)(=O)=O)C1)NCC(C)(C)NC(=O)OC(C)(C)C. The summed E-state index contributed by atoms with van der Waals surface area (Å²) in [6.45, 7) is 11.4. The number of hydrogen-bond donors (Lipinski definition) is 3. The first-order valence-electron chi connectivity index (χ1n) is 9.13. The van der Waals surface area contributed by atoms with Gasteiger partial charge in [-0.25, -0.2) is 17.5 Å². The first-order valence-corrected chi connectivity index (χ1v) is 11.0. The van der Waals surface area contributed by atoms with Crippen molar-refractivity contribution in [3.63, 3.8) is 0 Å². The maximum Gasteiger partial charge on any atom is 0.408 e. The Morgan fingerprint density at radius 2 is 1.85 bits per heavy atom. The minimum Gasteiger partial charge on any atom is -0.444 e. The quantitative estimate of drug-likeness (QED) is 0.444. The third kappa shape index (κ3) is 9.28. The third-order valence-electron chi connectivity index (χ3n) is 4.04. The van der Waals surface area contributed by atoms with E-state index >= 15 is 0 Å². The maximum atomic E-state index is 11.9. The second-order valence-corrected chi connectivity index (χ2v) is 10.6. The first kappa shape index (κ1) is 23.5. The fourth-order valence-corrected chi connectivity index (χ4v) is 3.57. The largest absolute Gasteiger partial charge is 0.444 e. The standard InChI is InChI=1S/C17H35N5O4S/c1-16(2,3)26-15(23)21-17(4,5)12-20-14(18-6)19-10-13-8-9-22(11-13)27(7,24)25/h13H,8-12H2,1-7H3,(H,21,23)(H2,18,19,20). The monoisotopic (exact) mass is 405 g/mol. The van der Waals surface area contributed by atoms with Crippen molar-refractivity contribution in [3.05, 3.63) is 0 Å². The van der Waals surface area contributed by atoms with Gasteiger partial charge in [-0.2, -0.15) is 0 Å². The number of carbonyl (C=O) groups is 1. The van der Waals surface area contributed by atoms with Crippen molar-refractivity contribution in [2.45, 2.75) is 52.2 Å². The van der Waals surface area contributed by atoms with Crippen LogP contribution < -0.4 is 16.0 Å². The van der Waals surface area contributed by atoms with Crippen LogP contribution in [0.25, 0.3) is 0 Å². The third-order valence-corrected chi connectivity index (χ3v) is 5.31. The van der Waals surface area contributed by atoms with Crippen LogP contribution in [-0.4, -0.2) is 75.4 Å². The van der Waals surface area contributed by atoms with E-state index in [4.69, 9.17) is 4.74 Å². The van der Waals surface area contributed by atoms with Crippen LogP contribution in [0.4, 0.5) is 4.79 Å². The second-order valence-electron chi connectivity index (χ2n) is 8.59. The summed E-state index contributed by atoms with van der Waals surface area (Å²) in [4.78, 5) is 16.1. The van der Waals surface area contributed by atoms with Crippen LogP contribution in [0.15, 0.2) is 4.99 Å². The molecule has 27 heavy (non-hydrogen) atoms. The molecule has 0 aromatic heterocycles. The normalized spacial score (nSPS) is 19.7. The van der Waals surface area contributed by atoms with Crippen LogP contribution >= 0.6 is 0 Å². The van der Waals surface area contributed by atoms with Crippen molar-refractivity contribution < 1.29 is 17.9 Å². The van der Waals surface area contributed by atoms with Crippen molar-refractivity contribution >= 4 is 22.1 Å². The lowest BCUT2D eigenvalue weighted by Gasteiger charge is -2.29. The molecule has 0 aromatic carbocycles. The van der Waals surface area contributed by atoms with Gasteiger partial charge in [0.2, 0.25) is 10.0 Å². The van der Waals surface area contributed by atoms with Crippen LogP contribution in [0.3, 0.4) is 0 Å². The minimum absolute atomic E-state index is 0.242. The lowest BCUT2D eigenvalue weighted by Crippen LogP contribution is -2.54. The average molecular weight is 406 g/mol. The molecule has 0 radical (unpaired) electrons. The summed E-state index contributed by atoms with van der Waals surface area (Å²) in [5, 5.41) is 9.23. The van der Waals surface area contributed by atoms with Gasteiger partial charge in [-0.05, 0) is 47.0 Å². The molecule has 1 aliphatic heterocycles. The minimum atomic E-state index is -3.13. The number of nitrogens with zero attached hydrogens (tertiary/aromatic N) is 2. The second kappa shape index (κ2) is 9.09. The summed E-state index contributed by atoms with van der Waals surface area (Å²) in [5.74, 6) is 0.845. The van der Waals surface area contributed by atoms with Crippen molar-refractivity contribution in [2.24, 2.45) is 10.9 Å². The van der Waals surface area contributed by atoms with Crippen molar-refractivity contribution in [2.75, 3.05) is 39.5 Å². The number of rotatable bonds is 6. The Bertz CT molecular complexity index is 640. The van der Waals surface area contributed by atoms with Crippen molar-refractivity contribution in [3.8, 4) is 0 Å². The van der Waals surface area contributed by atoms with E-state index in [9.17, 15) is 13.2 Å². The molecule has 0 bridgehead atoms. The summed E-state index contributed by atoms with van der Waals surface area (Å²) in [5.41, 5.74) is -1.09. The predicted octanol–water partition coefficient (Wildman–Crippen LogP) is 0.736. The van der Waals surface area contributed by atoms with Crippen molar-refractivity contribution in [1.29, 1.82) is 0 Å². The van der Waals surface area contributed by atoms with Crippen molar-refractivity contribution in [1.82, 2.24) is 20.3 Å². The van der Waals surface area contributed by atoms with E-state index < -0.39 is 27.3 Å². The van der Waals surface area contributed by atoms with Gasteiger partial charge in [-0.1, -0.05) is 0 Å². The fraction of sp³-hybridized carbons (Fsp3) is 0.882. The van der Waals surface area contributed by atoms with Crippen LogP contribution in [0.5, 0.6) is 0 Å². The van der Waals surface area contributed by atoms with Crippen LogP contribution in [0.2, 0.25) is 0 Å². The Kier molecular flexibility index (Phi) is 7.91. The number of ether oxygens (including phenoxy) is 1. The summed E-state index contributed by atoms with van der Waals surface area (Å²) in [6, 6.07) is 0. The number of aliphatic imine (C=N–C) groups is 1. The first-order chi connectivity index (χ1) is 12.2. The van der Waals surface area contributed by atoms with Gasteiger partial charge in [0.15, 0.2) is 5.96 Å². The maximum absolute atomic E-state index is 11.9. The summed E-state index contributed by atoms with van der Waals surface area (Å²) < 4.78 is 30.0. The van der Waals surface area contributed by atoms with Gasteiger partial charge in [0.05, 0.1) is 11.8 Å². The molecule has 1 heterocycles. The van der Waals surface area contributed by atoms with E-state index in [1.54, 1.807) is 7.05 Å². The van der Waals surface area contributed by atoms with Gasteiger partial charge in [-0.3, -0.25) is 4.99 Å². The summed E-state index contributed by atoms with van der Waals surface area (Å²) in [6.07, 6.45) is 1.59. The molecular formula is C17H35N5O4S. The Balaban J connectivity index is 2.42. The highest BCUT2D eigenvalue weighted by molar-refractivity contribution is 7.88. The molecule has 9 nitrogen and oxygen atoms in total. The topological polar surface area (TPSA) is 112 Å². The van der Waals surface area contributed by atoms with Gasteiger partial charge in [-0.15, -0.1) is 0 Å². The van der Waals surface area contributed by atoms with E-state index in [2.05, 4.69) is 20.9 Å².